The van der Waals surface area contributed by atoms with Crippen molar-refractivity contribution in [3.05, 3.63) is 0 Å². The Labute approximate surface area is 95.8 Å². The van der Waals surface area contributed by atoms with E-state index in [1.54, 1.807) is 0 Å². The highest BCUT2D eigenvalue weighted by atomic mass is 16.2. The average Bonchev–Trinajstić information content (AvgIpc) is 2.84. The molecule has 0 radical (unpaired) electrons. The fourth-order valence-corrected chi connectivity index (χ4v) is 2.47. The van der Waals surface area contributed by atoms with Crippen LogP contribution in [0.3, 0.4) is 0 Å². The number of carbonyl (C=O) groups is 2. The zero-order valence-electron chi connectivity index (χ0n) is 9.79. The minimum atomic E-state index is -0.278. The molecule has 3 amide bonds. The average molecular weight is 226 g/mol. The van der Waals surface area contributed by atoms with Crippen LogP contribution in [0.15, 0.2) is 0 Å². The van der Waals surface area contributed by atoms with Crippen molar-refractivity contribution < 1.29 is 14.5 Å². The highest BCUT2D eigenvalue weighted by molar-refractivity contribution is 6.03. The second-order valence-electron chi connectivity index (χ2n) is 4.67. The molecular formula is C11H20N3O2+. The normalized spacial score (nSPS) is 26.6. The number of nitrogens with zero attached hydrogens (tertiary/aromatic N) is 1. The first-order valence-corrected chi connectivity index (χ1v) is 6.18. The Morgan fingerprint density at radius 3 is 2.69 bits per heavy atom. The van der Waals surface area contributed by atoms with E-state index in [4.69, 9.17) is 0 Å². The molecule has 16 heavy (non-hydrogen) atoms. The van der Waals surface area contributed by atoms with Crippen LogP contribution in [0, 0.1) is 0 Å². The van der Waals surface area contributed by atoms with Crippen molar-refractivity contribution in [1.29, 1.82) is 0 Å². The molecule has 0 aromatic rings. The molecule has 90 valence electrons. The quantitative estimate of drug-likeness (QED) is 0.626. The lowest BCUT2D eigenvalue weighted by atomic mass is 10.2. The van der Waals surface area contributed by atoms with Crippen molar-refractivity contribution >= 4 is 11.9 Å². The molecule has 2 fully saturated rings. The van der Waals surface area contributed by atoms with Crippen molar-refractivity contribution in [3.8, 4) is 0 Å². The van der Waals surface area contributed by atoms with Crippen LogP contribution < -0.4 is 10.2 Å². The van der Waals surface area contributed by atoms with Crippen LogP contribution in [0.1, 0.15) is 32.6 Å². The molecule has 0 saturated carbocycles. The standard InChI is InChI=1S/C11H19N3O2/c1-2-5-9-10(15)14(11(16)12-9)8-13-6-3-4-7-13/h9H,2-8H2,1H3,(H,12,16)/p+1/t9-/m0/s1. The summed E-state index contributed by atoms with van der Waals surface area (Å²) in [4.78, 5) is 26.3. The topological polar surface area (TPSA) is 53.9 Å². The summed E-state index contributed by atoms with van der Waals surface area (Å²) < 4.78 is 0. The van der Waals surface area contributed by atoms with Crippen LogP contribution in [-0.4, -0.2) is 42.6 Å². The summed E-state index contributed by atoms with van der Waals surface area (Å²) in [5, 5.41) is 2.75. The van der Waals surface area contributed by atoms with E-state index in [-0.39, 0.29) is 18.0 Å². The molecule has 2 rings (SSSR count). The minimum absolute atomic E-state index is 0.0359. The van der Waals surface area contributed by atoms with E-state index in [0.29, 0.717) is 6.67 Å². The Morgan fingerprint density at radius 2 is 2.06 bits per heavy atom. The van der Waals surface area contributed by atoms with Crippen molar-refractivity contribution in [2.75, 3.05) is 19.8 Å². The van der Waals surface area contributed by atoms with Crippen LogP contribution >= 0.6 is 0 Å². The maximum atomic E-state index is 11.9. The van der Waals surface area contributed by atoms with Gasteiger partial charge in [-0.15, -0.1) is 0 Å². The largest absolute Gasteiger partial charge is 0.329 e. The molecule has 0 aromatic carbocycles. The van der Waals surface area contributed by atoms with E-state index in [1.165, 1.54) is 22.6 Å². The fraction of sp³-hybridized carbons (Fsp3) is 0.818. The van der Waals surface area contributed by atoms with Gasteiger partial charge >= 0.3 is 6.03 Å². The van der Waals surface area contributed by atoms with Crippen molar-refractivity contribution in [3.63, 3.8) is 0 Å². The van der Waals surface area contributed by atoms with Crippen LogP contribution in [0.4, 0.5) is 4.79 Å². The van der Waals surface area contributed by atoms with Crippen molar-refractivity contribution in [1.82, 2.24) is 10.2 Å². The second-order valence-corrected chi connectivity index (χ2v) is 4.67. The third-order valence-corrected chi connectivity index (χ3v) is 3.38. The summed E-state index contributed by atoms with van der Waals surface area (Å²) in [6.45, 7) is 4.73. The molecular weight excluding hydrogens is 206 g/mol. The molecule has 1 atom stereocenters. The van der Waals surface area contributed by atoms with Gasteiger partial charge in [0.2, 0.25) is 0 Å². The minimum Gasteiger partial charge on any atom is -0.326 e. The van der Waals surface area contributed by atoms with Gasteiger partial charge in [0.25, 0.3) is 5.91 Å². The summed E-state index contributed by atoms with van der Waals surface area (Å²) in [5.74, 6) is -0.0359. The maximum Gasteiger partial charge on any atom is 0.329 e. The molecule has 0 aliphatic carbocycles. The number of carbonyl (C=O) groups excluding carboxylic acids is 2. The van der Waals surface area contributed by atoms with E-state index < -0.39 is 0 Å². The molecule has 0 bridgehead atoms. The van der Waals surface area contributed by atoms with Gasteiger partial charge in [0.1, 0.15) is 6.04 Å². The van der Waals surface area contributed by atoms with E-state index in [2.05, 4.69) is 5.32 Å². The first-order chi connectivity index (χ1) is 7.72. The second kappa shape index (κ2) is 4.82. The molecule has 2 aliphatic rings. The van der Waals surface area contributed by atoms with Gasteiger partial charge in [-0.3, -0.25) is 4.79 Å². The zero-order valence-corrected chi connectivity index (χ0v) is 9.79. The number of likely N-dealkylation sites (tertiary alicyclic amines) is 1. The SMILES string of the molecule is CCC[C@@H]1NC(=O)N(C[NH+]2CCCC2)C1=O. The molecule has 0 unspecified atom stereocenters. The molecule has 5 nitrogen and oxygen atoms in total. The smallest absolute Gasteiger partial charge is 0.326 e. The van der Waals surface area contributed by atoms with Gasteiger partial charge in [0.05, 0.1) is 13.1 Å². The van der Waals surface area contributed by atoms with Gasteiger partial charge in [-0.25, -0.2) is 9.69 Å². The Bertz CT molecular complexity index is 287. The fourth-order valence-electron chi connectivity index (χ4n) is 2.47. The number of rotatable bonds is 4. The first kappa shape index (κ1) is 11.4. The molecule has 2 heterocycles. The van der Waals surface area contributed by atoms with Crippen molar-refractivity contribution in [2.24, 2.45) is 0 Å². The number of imide groups is 1. The Hall–Kier alpha value is -1.10. The molecule has 2 aliphatic heterocycles. The van der Waals surface area contributed by atoms with E-state index >= 15 is 0 Å². The summed E-state index contributed by atoms with van der Waals surface area (Å²) in [6.07, 6.45) is 4.08. The molecule has 5 heteroatoms. The maximum absolute atomic E-state index is 11.9. The van der Waals surface area contributed by atoms with Crippen molar-refractivity contribution in [2.45, 2.75) is 38.6 Å². The monoisotopic (exact) mass is 226 g/mol. The number of hydrogen-bond donors (Lipinski definition) is 2. The number of quaternary nitrogens is 1. The number of hydrogen-bond acceptors (Lipinski definition) is 2. The van der Waals surface area contributed by atoms with E-state index in [9.17, 15) is 9.59 Å². The zero-order chi connectivity index (χ0) is 11.5. The summed E-state index contributed by atoms with van der Waals surface area (Å²) in [5.41, 5.74) is 0. The number of nitrogens with one attached hydrogen (secondary N) is 2. The van der Waals surface area contributed by atoms with Gasteiger partial charge in [0, 0.05) is 12.8 Å². The van der Waals surface area contributed by atoms with Crippen LogP contribution in [0.2, 0.25) is 0 Å². The number of urea groups is 1. The Kier molecular flexibility index (Phi) is 3.43. The third kappa shape index (κ3) is 2.19. The lowest BCUT2D eigenvalue weighted by Crippen LogP contribution is -3.11. The summed E-state index contributed by atoms with van der Waals surface area (Å²) in [6, 6.07) is -0.484. The van der Waals surface area contributed by atoms with Gasteiger partial charge in [-0.05, 0) is 6.42 Å². The lowest BCUT2D eigenvalue weighted by molar-refractivity contribution is -0.894. The predicted octanol–water partition coefficient (Wildman–Crippen LogP) is -0.657. The van der Waals surface area contributed by atoms with Gasteiger partial charge in [-0.1, -0.05) is 13.3 Å². The molecule has 2 saturated heterocycles. The number of amides is 3. The lowest BCUT2D eigenvalue weighted by Gasteiger charge is -2.18. The van der Waals surface area contributed by atoms with Gasteiger partial charge in [-0.2, -0.15) is 0 Å². The van der Waals surface area contributed by atoms with Gasteiger partial charge < -0.3 is 10.2 Å². The Morgan fingerprint density at radius 1 is 1.38 bits per heavy atom. The summed E-state index contributed by atoms with van der Waals surface area (Å²) in [7, 11) is 0. The van der Waals surface area contributed by atoms with Gasteiger partial charge in [0.15, 0.2) is 6.67 Å². The highest BCUT2D eigenvalue weighted by Gasteiger charge is 2.39. The molecule has 2 N–H and O–H groups in total. The highest BCUT2D eigenvalue weighted by Crippen LogP contribution is 2.09. The van der Waals surface area contributed by atoms with E-state index in [1.807, 2.05) is 6.92 Å². The van der Waals surface area contributed by atoms with Crippen LogP contribution in [0.5, 0.6) is 0 Å². The molecule has 0 spiro atoms. The van der Waals surface area contributed by atoms with E-state index in [0.717, 1.165) is 25.9 Å². The first-order valence-electron chi connectivity index (χ1n) is 6.18. The molecule has 0 aromatic heterocycles. The summed E-state index contributed by atoms with van der Waals surface area (Å²) >= 11 is 0. The predicted molar refractivity (Wildman–Crippen MR) is 58.9 cm³/mol. The Balaban J connectivity index is 1.93. The van der Waals surface area contributed by atoms with Crippen LogP contribution in [0.25, 0.3) is 0 Å². The van der Waals surface area contributed by atoms with Crippen LogP contribution in [-0.2, 0) is 4.79 Å². The third-order valence-electron chi connectivity index (χ3n) is 3.38.